The number of aliphatic hydroxyl groups excluding tert-OH is 2. The smallest absolute Gasteiger partial charge is 0.344 e. The van der Waals surface area contributed by atoms with Crippen molar-refractivity contribution in [2.24, 2.45) is 22.7 Å². The van der Waals surface area contributed by atoms with Gasteiger partial charge in [0.2, 0.25) is 0 Å². The highest BCUT2D eigenvalue weighted by Gasteiger charge is 2.55. The Kier molecular flexibility index (Phi) is 22.3. The van der Waals surface area contributed by atoms with Gasteiger partial charge in [0.1, 0.15) is 34.7 Å². The molecule has 21 heteroatoms. The number of thiophene rings is 1. The zero-order chi connectivity index (χ0) is 73.9. The van der Waals surface area contributed by atoms with Gasteiger partial charge in [-0.05, 0) is 277 Å². The Morgan fingerprint density at radius 3 is 1.43 bits per heavy atom. The maximum absolute atomic E-state index is 13.5. The number of rotatable bonds is 26. The number of fused-ring (bicyclic) bond motifs is 4. The van der Waals surface area contributed by atoms with E-state index in [1.54, 1.807) is 36.4 Å². The molecule has 6 aliphatic carbocycles. The van der Waals surface area contributed by atoms with E-state index < -0.39 is 35.3 Å². The van der Waals surface area contributed by atoms with Crippen LogP contribution in [0.15, 0.2) is 121 Å². The van der Waals surface area contributed by atoms with E-state index >= 15 is 0 Å². The second-order valence-electron chi connectivity index (χ2n) is 32.3. The lowest BCUT2D eigenvalue weighted by molar-refractivity contribution is -0.193. The highest BCUT2D eigenvalue weighted by Crippen LogP contribution is 2.54. The Balaban J connectivity index is 0.000000171. The summed E-state index contributed by atoms with van der Waals surface area (Å²) < 4.78 is 16.1. The second kappa shape index (κ2) is 32.1. The van der Waals surface area contributed by atoms with Gasteiger partial charge >= 0.3 is 11.9 Å². The molecule has 2 spiro atoms. The molecular formula is C86H102N8O12S. The van der Waals surface area contributed by atoms with Crippen molar-refractivity contribution in [2.45, 2.75) is 216 Å². The summed E-state index contributed by atoms with van der Waals surface area (Å²) in [4.78, 5) is 56.5. The molecule has 0 radical (unpaired) electrons. The summed E-state index contributed by atoms with van der Waals surface area (Å²) in [6, 6.07) is 32.4. The average Bonchev–Trinajstić information content (AvgIpc) is 1.50. The number of nitrogens with zero attached hydrogens (tertiary/aromatic N) is 8. The number of phenolic OH excluding ortho intramolecular Hbond substituents is 2. The van der Waals surface area contributed by atoms with Crippen LogP contribution in [0.2, 0.25) is 0 Å². The monoisotopic (exact) mass is 1470 g/mol. The summed E-state index contributed by atoms with van der Waals surface area (Å²) in [5.74, 6) is -0.964. The van der Waals surface area contributed by atoms with Gasteiger partial charge in [0.05, 0.1) is 23.2 Å². The van der Waals surface area contributed by atoms with Crippen molar-refractivity contribution in [3.05, 3.63) is 176 Å². The molecule has 6 N–H and O–H groups in total. The molecule has 8 aromatic rings. The molecule has 5 aromatic carbocycles. The van der Waals surface area contributed by atoms with Crippen LogP contribution in [-0.2, 0) is 78.6 Å². The third kappa shape index (κ3) is 16.0. The van der Waals surface area contributed by atoms with Crippen LogP contribution in [0.4, 0.5) is 0 Å². The number of ether oxygens (including phenoxy) is 2. The highest BCUT2D eigenvalue weighted by molar-refractivity contribution is 7.10. The molecule has 5 heterocycles. The number of phenols is 2. The summed E-state index contributed by atoms with van der Waals surface area (Å²) in [5, 5.41) is 85.6. The number of aryl methyl sites for hydroxylation is 4. The lowest BCUT2D eigenvalue weighted by Crippen LogP contribution is -2.52. The molecule has 20 nitrogen and oxygen atoms in total. The standard InChI is InChI=1S/C44H52N4O6.C42H50N4O6S/c49-33-15-16-35-36(17-19-41(51)37(35)27-33)40(50)13-6-8-30-14-18-39-38(26-30)45-46-48(39)23-7-22-47-24-20-43(21-25-47)28-34(29-43)54-42(52)44(53,32-11-4-5-12-32)31-9-2-1-3-10-31;47-30-12-13-32-33(14-16-38(49)34(32)25-30)37(48)9-3-6-28-11-15-36-35(24-28)43-44-46(36)20-5-19-45-21-17-41(18-22-45)26-31(27-41)52-40(50)42(51,29-7-1-2-8-29)39-10-4-23-53-39/h1-3,9-10,14-19,26,32,34,40,50-51,53H,4-8,11-13,20-25,27-29H2;4,10-16,23-24,29,31,37,48-49,51H,1-3,5-9,17-22,25-27H2/t40-,44?;37-,42?/m00/s1. The predicted octanol–water partition coefficient (Wildman–Crippen LogP) is 13.2. The van der Waals surface area contributed by atoms with Crippen LogP contribution in [0, 0.1) is 22.7 Å². The molecule has 0 amide bonds. The molecule has 3 aromatic heterocycles. The molecule has 2 saturated heterocycles. The molecule has 0 bridgehead atoms. The van der Waals surface area contributed by atoms with E-state index in [0.29, 0.717) is 34.4 Å². The van der Waals surface area contributed by atoms with Gasteiger partial charge in [0.15, 0.2) is 22.8 Å². The van der Waals surface area contributed by atoms with Crippen molar-refractivity contribution in [3.63, 3.8) is 0 Å². The van der Waals surface area contributed by atoms with Gasteiger partial charge in [-0.1, -0.05) is 109 Å². The van der Waals surface area contributed by atoms with Crippen molar-refractivity contribution >= 4 is 69.1 Å². The Labute approximate surface area is 629 Å². The first-order valence-corrected chi connectivity index (χ1v) is 40.3. The SMILES string of the molecule is O=C1C=Cc2c([C@@H](O)CCCc3ccc4c(c3)nnn4CCCN3CCC4(CC3)CC(OC(=O)C(O)(c3ccccc3)C3CCCC3)C4)ccc(O)c2C1.O=C1C=Cc2c([C@@H](O)CCCc3ccc4c(c3)nnn4CCCN3CCC4(CC3)CC(OC(=O)C(O)(c3cccs3)C3CCCC3)C4)ccc(O)c2C1. The number of hydrogen-bond donors (Lipinski definition) is 6. The molecule has 4 saturated carbocycles. The third-order valence-electron chi connectivity index (χ3n) is 25.4. The van der Waals surface area contributed by atoms with Gasteiger partial charge in [-0.25, -0.2) is 19.0 Å². The molecule has 4 atom stereocenters. The fraction of sp³-hybridized carbons (Fsp3) is 0.512. The van der Waals surface area contributed by atoms with Crippen molar-refractivity contribution in [3.8, 4) is 11.5 Å². The van der Waals surface area contributed by atoms with Gasteiger partial charge in [-0.2, -0.15) is 0 Å². The van der Waals surface area contributed by atoms with Gasteiger partial charge in [0.25, 0.3) is 0 Å². The van der Waals surface area contributed by atoms with Gasteiger partial charge in [-0.3, -0.25) is 9.59 Å². The number of esters is 2. The number of carbonyl (C=O) groups excluding carboxylic acids is 4. The molecule has 6 fully saturated rings. The Morgan fingerprint density at radius 1 is 0.533 bits per heavy atom. The number of allylic oxidation sites excluding steroid dienone is 2. The zero-order valence-electron chi connectivity index (χ0n) is 61.3. The molecule has 107 heavy (non-hydrogen) atoms. The quantitative estimate of drug-likeness (QED) is 0.0275. The largest absolute Gasteiger partial charge is 0.508 e. The van der Waals surface area contributed by atoms with Crippen molar-refractivity contribution in [1.29, 1.82) is 0 Å². The molecule has 2 aliphatic heterocycles. The average molecular weight is 1470 g/mol. The van der Waals surface area contributed by atoms with E-state index in [1.165, 1.54) is 23.5 Å². The van der Waals surface area contributed by atoms with E-state index in [2.05, 4.69) is 66.8 Å². The van der Waals surface area contributed by atoms with E-state index in [-0.39, 0.29) is 70.8 Å². The minimum absolute atomic E-state index is 0.0482. The van der Waals surface area contributed by atoms with Crippen molar-refractivity contribution < 1.29 is 59.3 Å². The number of piperidine rings is 2. The molecule has 8 aliphatic rings. The topological polar surface area (TPSA) is 276 Å². The second-order valence-corrected chi connectivity index (χ2v) is 33.2. The normalized spacial score (nSPS) is 20.6. The number of carbonyl (C=O) groups is 4. The van der Waals surface area contributed by atoms with Crippen LogP contribution in [0.5, 0.6) is 11.5 Å². The van der Waals surface area contributed by atoms with Gasteiger partial charge < -0.3 is 49.9 Å². The predicted molar refractivity (Wildman–Crippen MR) is 409 cm³/mol. The summed E-state index contributed by atoms with van der Waals surface area (Å²) in [6.45, 7) is 7.76. The first-order chi connectivity index (χ1) is 51.9. The van der Waals surface area contributed by atoms with Gasteiger partial charge in [-0.15, -0.1) is 21.5 Å². The third-order valence-corrected chi connectivity index (χ3v) is 26.4. The number of hydrogen-bond acceptors (Lipinski definition) is 19. The number of aliphatic hydroxyl groups is 4. The van der Waals surface area contributed by atoms with E-state index in [9.17, 15) is 49.8 Å². The van der Waals surface area contributed by atoms with Crippen LogP contribution in [0.1, 0.15) is 208 Å². The number of aromatic nitrogens is 6. The first kappa shape index (κ1) is 74.2. The molecule has 2 unspecified atom stereocenters. The van der Waals surface area contributed by atoms with Crippen LogP contribution in [0.3, 0.4) is 0 Å². The van der Waals surface area contributed by atoms with Crippen LogP contribution in [-0.4, -0.2) is 145 Å². The lowest BCUT2D eigenvalue weighted by atomic mass is 9.61. The molecular weight excluding hydrogens is 1370 g/mol. The summed E-state index contributed by atoms with van der Waals surface area (Å²) in [7, 11) is 0. The minimum Gasteiger partial charge on any atom is -0.508 e. The van der Waals surface area contributed by atoms with E-state index in [4.69, 9.17) is 9.47 Å². The van der Waals surface area contributed by atoms with Crippen LogP contribution in [0.25, 0.3) is 34.2 Å². The Morgan fingerprint density at radius 2 is 0.981 bits per heavy atom. The number of ketones is 2. The zero-order valence-corrected chi connectivity index (χ0v) is 62.1. The molecule has 564 valence electrons. The van der Waals surface area contributed by atoms with E-state index in [1.807, 2.05) is 57.2 Å². The lowest BCUT2D eigenvalue weighted by Gasteiger charge is -2.52. The summed E-state index contributed by atoms with van der Waals surface area (Å²) in [6.07, 6.45) is 27.0. The summed E-state index contributed by atoms with van der Waals surface area (Å²) >= 11 is 1.45. The van der Waals surface area contributed by atoms with Crippen molar-refractivity contribution in [2.75, 3.05) is 39.3 Å². The highest BCUT2D eigenvalue weighted by atomic mass is 32.1. The summed E-state index contributed by atoms with van der Waals surface area (Å²) in [5.41, 5.74) is 8.35. The molecule has 16 rings (SSSR count). The fourth-order valence-corrected chi connectivity index (χ4v) is 19.9. The number of benzene rings is 5. The van der Waals surface area contributed by atoms with Crippen LogP contribution < -0.4 is 0 Å². The number of aromatic hydroxyl groups is 2. The number of likely N-dealkylation sites (tertiary alicyclic amines) is 2. The Bertz CT molecular complexity index is 4550. The van der Waals surface area contributed by atoms with Crippen molar-refractivity contribution in [1.82, 2.24) is 39.8 Å². The fourth-order valence-electron chi connectivity index (χ4n) is 19.0. The minimum atomic E-state index is -1.56. The first-order valence-electron chi connectivity index (χ1n) is 39.4. The maximum atomic E-state index is 13.5. The maximum Gasteiger partial charge on any atom is 0.344 e. The Hall–Kier alpha value is -8.28. The van der Waals surface area contributed by atoms with E-state index in [0.717, 1.165) is 249 Å². The van der Waals surface area contributed by atoms with Crippen LogP contribution >= 0.6 is 11.3 Å². The van der Waals surface area contributed by atoms with Gasteiger partial charge in [0, 0.05) is 53.8 Å².